The molecule has 1 aliphatic heterocycles. The van der Waals surface area contributed by atoms with E-state index in [1.807, 2.05) is 37.3 Å². The molecular formula is C21H25NO4. The molecule has 2 aromatic carbocycles. The predicted molar refractivity (Wildman–Crippen MR) is 99.6 cm³/mol. The highest BCUT2D eigenvalue weighted by Gasteiger charge is 2.29. The van der Waals surface area contributed by atoms with Crippen LogP contribution in [0, 0.1) is 0 Å². The van der Waals surface area contributed by atoms with Crippen molar-refractivity contribution in [1.82, 2.24) is 5.32 Å². The van der Waals surface area contributed by atoms with E-state index in [9.17, 15) is 4.79 Å². The third-order valence-electron chi connectivity index (χ3n) is 4.54. The smallest absolute Gasteiger partial charge is 0.323 e. The summed E-state index contributed by atoms with van der Waals surface area (Å²) in [6, 6.07) is 13.8. The van der Waals surface area contributed by atoms with Crippen LogP contribution in [0.15, 0.2) is 42.5 Å². The average Bonchev–Trinajstić information content (AvgIpc) is 2.68. The summed E-state index contributed by atoms with van der Waals surface area (Å²) < 4.78 is 16.8. The number of hydrogen-bond acceptors (Lipinski definition) is 5. The maximum Gasteiger partial charge on any atom is 0.323 e. The third kappa shape index (κ3) is 4.17. The Labute approximate surface area is 154 Å². The summed E-state index contributed by atoms with van der Waals surface area (Å²) in [5.41, 5.74) is 3.37. The fourth-order valence-corrected chi connectivity index (χ4v) is 3.19. The molecule has 0 saturated carbocycles. The van der Waals surface area contributed by atoms with Crippen molar-refractivity contribution in [3.05, 3.63) is 59.2 Å². The summed E-state index contributed by atoms with van der Waals surface area (Å²) in [5.74, 6) is 1.20. The van der Waals surface area contributed by atoms with E-state index in [1.54, 1.807) is 7.11 Å². The fourth-order valence-electron chi connectivity index (χ4n) is 3.19. The van der Waals surface area contributed by atoms with Crippen LogP contribution in [0.2, 0.25) is 0 Å². The molecule has 0 radical (unpaired) electrons. The zero-order valence-corrected chi connectivity index (χ0v) is 15.3. The standard InChI is InChI=1S/C21H25NO4/c1-3-25-21(23)18-13-17-16(14-22-18)9-10-19(24-2)20(17)26-12-11-15-7-5-4-6-8-15/h4-10,18,22H,3,11-14H2,1-2H3/t18-/m0/s1. The van der Waals surface area contributed by atoms with Crippen LogP contribution in [0.5, 0.6) is 11.5 Å². The van der Waals surface area contributed by atoms with Gasteiger partial charge in [0.15, 0.2) is 11.5 Å². The number of rotatable bonds is 7. The average molecular weight is 355 g/mol. The van der Waals surface area contributed by atoms with Gasteiger partial charge in [0.25, 0.3) is 0 Å². The number of nitrogens with one attached hydrogen (secondary N) is 1. The Morgan fingerprint density at radius 1 is 1.19 bits per heavy atom. The number of benzene rings is 2. The molecule has 5 heteroatoms. The van der Waals surface area contributed by atoms with Crippen molar-refractivity contribution < 1.29 is 19.0 Å². The van der Waals surface area contributed by atoms with Gasteiger partial charge in [0.2, 0.25) is 0 Å². The second-order valence-corrected chi connectivity index (χ2v) is 6.21. The lowest BCUT2D eigenvalue weighted by Gasteiger charge is -2.27. The zero-order valence-electron chi connectivity index (χ0n) is 15.3. The molecular weight excluding hydrogens is 330 g/mol. The highest BCUT2D eigenvalue weighted by Crippen LogP contribution is 2.36. The van der Waals surface area contributed by atoms with E-state index in [4.69, 9.17) is 14.2 Å². The number of hydrogen-bond donors (Lipinski definition) is 1. The molecule has 1 atom stereocenters. The molecule has 0 amide bonds. The number of fused-ring (bicyclic) bond motifs is 1. The summed E-state index contributed by atoms with van der Waals surface area (Å²) in [6.45, 7) is 3.35. The molecule has 0 fully saturated rings. The molecule has 0 aromatic heterocycles. The van der Waals surface area contributed by atoms with Gasteiger partial charge in [0, 0.05) is 24.9 Å². The van der Waals surface area contributed by atoms with Crippen LogP contribution in [-0.4, -0.2) is 32.3 Å². The summed E-state index contributed by atoms with van der Waals surface area (Å²) in [4.78, 5) is 12.1. The van der Waals surface area contributed by atoms with Gasteiger partial charge in [-0.05, 0) is 24.1 Å². The highest BCUT2D eigenvalue weighted by molar-refractivity contribution is 5.77. The van der Waals surface area contributed by atoms with E-state index in [2.05, 4.69) is 17.4 Å². The van der Waals surface area contributed by atoms with Gasteiger partial charge in [-0.15, -0.1) is 0 Å². The Balaban J connectivity index is 1.77. The van der Waals surface area contributed by atoms with E-state index in [-0.39, 0.29) is 12.0 Å². The molecule has 3 rings (SSSR count). The van der Waals surface area contributed by atoms with Gasteiger partial charge in [0.1, 0.15) is 6.04 Å². The van der Waals surface area contributed by atoms with E-state index in [0.717, 1.165) is 23.3 Å². The first kappa shape index (κ1) is 18.3. The lowest BCUT2D eigenvalue weighted by atomic mass is 9.94. The molecule has 1 N–H and O–H groups in total. The van der Waals surface area contributed by atoms with Crippen LogP contribution in [0.1, 0.15) is 23.6 Å². The largest absolute Gasteiger partial charge is 0.493 e. The van der Waals surface area contributed by atoms with Crippen molar-refractivity contribution in [2.45, 2.75) is 32.4 Å². The predicted octanol–water partition coefficient (Wildman–Crippen LogP) is 2.89. The second-order valence-electron chi connectivity index (χ2n) is 6.21. The van der Waals surface area contributed by atoms with Crippen LogP contribution in [0.4, 0.5) is 0 Å². The van der Waals surface area contributed by atoms with E-state index in [0.29, 0.717) is 31.9 Å². The van der Waals surface area contributed by atoms with Gasteiger partial charge in [-0.3, -0.25) is 4.79 Å². The van der Waals surface area contributed by atoms with Gasteiger partial charge in [-0.1, -0.05) is 36.4 Å². The van der Waals surface area contributed by atoms with Crippen LogP contribution >= 0.6 is 0 Å². The van der Waals surface area contributed by atoms with Crippen LogP contribution < -0.4 is 14.8 Å². The molecule has 5 nitrogen and oxygen atoms in total. The van der Waals surface area contributed by atoms with Gasteiger partial charge >= 0.3 is 5.97 Å². The molecule has 0 unspecified atom stereocenters. The Bertz CT molecular complexity index is 745. The maximum atomic E-state index is 12.1. The van der Waals surface area contributed by atoms with Crippen LogP contribution in [-0.2, 0) is 28.9 Å². The summed E-state index contributed by atoms with van der Waals surface area (Å²) >= 11 is 0. The molecule has 138 valence electrons. The minimum Gasteiger partial charge on any atom is -0.493 e. The molecule has 0 aliphatic carbocycles. The lowest BCUT2D eigenvalue weighted by Crippen LogP contribution is -2.43. The minimum atomic E-state index is -0.356. The van der Waals surface area contributed by atoms with Crippen molar-refractivity contribution >= 4 is 5.97 Å². The highest BCUT2D eigenvalue weighted by atomic mass is 16.5. The number of ether oxygens (including phenoxy) is 3. The SMILES string of the molecule is CCOC(=O)[C@@H]1Cc2c(ccc(OC)c2OCCc2ccccc2)CN1. The zero-order chi connectivity index (χ0) is 18.4. The van der Waals surface area contributed by atoms with Crippen LogP contribution in [0.3, 0.4) is 0 Å². The van der Waals surface area contributed by atoms with Gasteiger partial charge in [-0.2, -0.15) is 0 Å². The number of methoxy groups -OCH3 is 1. The number of esters is 1. The van der Waals surface area contributed by atoms with Crippen molar-refractivity contribution in [3.8, 4) is 11.5 Å². The molecule has 1 heterocycles. The fraction of sp³-hybridized carbons (Fsp3) is 0.381. The number of carbonyl (C=O) groups excluding carboxylic acids is 1. The molecule has 1 aliphatic rings. The number of carbonyl (C=O) groups is 1. The third-order valence-corrected chi connectivity index (χ3v) is 4.54. The van der Waals surface area contributed by atoms with Crippen molar-refractivity contribution in [2.24, 2.45) is 0 Å². The van der Waals surface area contributed by atoms with E-state index < -0.39 is 0 Å². The minimum absolute atomic E-state index is 0.226. The van der Waals surface area contributed by atoms with Crippen molar-refractivity contribution in [1.29, 1.82) is 0 Å². The second kappa shape index (κ2) is 8.72. The maximum absolute atomic E-state index is 12.1. The molecule has 2 aromatic rings. The summed E-state index contributed by atoms with van der Waals surface area (Å²) in [7, 11) is 1.63. The normalized spacial score (nSPS) is 15.8. The van der Waals surface area contributed by atoms with Crippen LogP contribution in [0.25, 0.3) is 0 Å². The first-order valence-electron chi connectivity index (χ1n) is 8.98. The molecule has 0 bridgehead atoms. The molecule has 0 spiro atoms. The Hall–Kier alpha value is -2.53. The topological polar surface area (TPSA) is 56.8 Å². The van der Waals surface area contributed by atoms with Gasteiger partial charge < -0.3 is 19.5 Å². The summed E-state index contributed by atoms with van der Waals surface area (Å²) in [5, 5.41) is 3.24. The Kier molecular flexibility index (Phi) is 6.12. The summed E-state index contributed by atoms with van der Waals surface area (Å²) in [6.07, 6.45) is 1.35. The lowest BCUT2D eigenvalue weighted by molar-refractivity contribution is -0.145. The van der Waals surface area contributed by atoms with E-state index >= 15 is 0 Å². The Morgan fingerprint density at radius 2 is 2.00 bits per heavy atom. The quantitative estimate of drug-likeness (QED) is 0.774. The first-order chi connectivity index (χ1) is 12.7. The monoisotopic (exact) mass is 355 g/mol. The molecule has 0 saturated heterocycles. The molecule has 26 heavy (non-hydrogen) atoms. The van der Waals surface area contributed by atoms with Gasteiger partial charge in [-0.25, -0.2) is 0 Å². The van der Waals surface area contributed by atoms with Gasteiger partial charge in [0.05, 0.1) is 20.3 Å². The first-order valence-corrected chi connectivity index (χ1v) is 8.98. The van der Waals surface area contributed by atoms with Crippen molar-refractivity contribution in [3.63, 3.8) is 0 Å². The van der Waals surface area contributed by atoms with Crippen molar-refractivity contribution in [2.75, 3.05) is 20.3 Å². The Morgan fingerprint density at radius 3 is 2.73 bits per heavy atom. The van der Waals surface area contributed by atoms with E-state index in [1.165, 1.54) is 5.56 Å².